The molecular formula is C26H28N2O3Si. The van der Waals surface area contributed by atoms with Crippen molar-refractivity contribution in [1.82, 2.24) is 9.55 Å². The molecule has 0 amide bonds. The van der Waals surface area contributed by atoms with Gasteiger partial charge in [-0.3, -0.25) is 4.57 Å². The van der Waals surface area contributed by atoms with Crippen LogP contribution in [0.1, 0.15) is 48.1 Å². The van der Waals surface area contributed by atoms with Gasteiger partial charge in [0.2, 0.25) is 0 Å². The van der Waals surface area contributed by atoms with Gasteiger partial charge >= 0.3 is 5.97 Å². The lowest BCUT2D eigenvalue weighted by molar-refractivity contribution is 0.0602. The fourth-order valence-corrected chi connectivity index (χ4v) is 4.93. The fraction of sp³-hybridized carbons (Fsp3) is 0.231. The number of hydrogen-bond donors (Lipinski definition) is 0. The van der Waals surface area contributed by atoms with Crippen molar-refractivity contribution in [2.75, 3.05) is 7.11 Å². The van der Waals surface area contributed by atoms with Crippen LogP contribution in [0, 0.1) is 0 Å². The third kappa shape index (κ3) is 3.45. The van der Waals surface area contributed by atoms with E-state index in [1.54, 1.807) is 6.07 Å². The van der Waals surface area contributed by atoms with Crippen LogP contribution >= 0.6 is 0 Å². The Morgan fingerprint density at radius 3 is 1.91 bits per heavy atom. The van der Waals surface area contributed by atoms with Gasteiger partial charge in [-0.2, -0.15) is 0 Å². The van der Waals surface area contributed by atoms with E-state index in [0.29, 0.717) is 21.6 Å². The van der Waals surface area contributed by atoms with Crippen molar-refractivity contribution in [3.8, 4) is 0 Å². The predicted octanol–water partition coefficient (Wildman–Crippen LogP) is 4.17. The molecule has 0 saturated carbocycles. The van der Waals surface area contributed by atoms with Crippen molar-refractivity contribution in [1.29, 1.82) is 0 Å². The van der Waals surface area contributed by atoms with Crippen LogP contribution in [0.15, 0.2) is 78.9 Å². The van der Waals surface area contributed by atoms with Crippen molar-refractivity contribution in [3.63, 3.8) is 0 Å². The van der Waals surface area contributed by atoms with Crippen LogP contribution in [0.25, 0.3) is 11.0 Å². The molecule has 0 spiro atoms. The first kappa shape index (κ1) is 22.0. The molecule has 0 saturated heterocycles. The number of ether oxygens (including phenoxy) is 1. The Hall–Kier alpha value is -3.22. The molecule has 0 aliphatic carbocycles. The summed E-state index contributed by atoms with van der Waals surface area (Å²) in [5.74, 6) is 0.421. The molecule has 0 N–H and O–H groups in total. The molecule has 0 bridgehead atoms. The molecular weight excluding hydrogens is 416 g/mol. The average Bonchev–Trinajstić information content (AvgIpc) is 3.22. The monoisotopic (exact) mass is 444 g/mol. The molecule has 5 nitrogen and oxygen atoms in total. The molecule has 4 aromatic rings. The van der Waals surface area contributed by atoms with Gasteiger partial charge in [0, 0.05) is 16.5 Å². The van der Waals surface area contributed by atoms with Gasteiger partial charge in [-0.1, -0.05) is 87.5 Å². The van der Waals surface area contributed by atoms with Crippen molar-refractivity contribution in [2.24, 2.45) is 0 Å². The molecule has 0 aliphatic heterocycles. The maximum Gasteiger partial charge on any atom is 0.340 e. The maximum atomic E-state index is 12.6. The van der Waals surface area contributed by atoms with Crippen LogP contribution in [0.5, 0.6) is 0 Å². The summed E-state index contributed by atoms with van der Waals surface area (Å²) < 4.78 is 13.8. The summed E-state index contributed by atoms with van der Waals surface area (Å²) in [6.07, 6.45) is 0. The second-order valence-electron chi connectivity index (χ2n) is 8.77. The highest BCUT2D eigenvalue weighted by Crippen LogP contribution is 2.41. The topological polar surface area (TPSA) is 53.3 Å². The van der Waals surface area contributed by atoms with E-state index in [1.807, 2.05) is 48.5 Å². The third-order valence-electron chi connectivity index (χ3n) is 5.70. The highest BCUT2D eigenvalue weighted by atomic mass is 28.2. The number of esters is 1. The largest absolute Gasteiger partial charge is 0.465 e. The molecule has 0 aliphatic rings. The molecule has 6 heteroatoms. The zero-order chi connectivity index (χ0) is 22.9. The van der Waals surface area contributed by atoms with Crippen molar-refractivity contribution in [3.05, 3.63) is 101 Å². The zero-order valence-electron chi connectivity index (χ0n) is 19.1. The number of fused-ring (bicyclic) bond motifs is 1. The summed E-state index contributed by atoms with van der Waals surface area (Å²) in [4.78, 5) is 17.6. The summed E-state index contributed by atoms with van der Waals surface area (Å²) >= 11 is 0. The normalized spacial score (nSPS) is 12.2. The number of imidazole rings is 1. The Bertz CT molecular complexity index is 1210. The lowest BCUT2D eigenvalue weighted by Crippen LogP contribution is -2.41. The number of methoxy groups -OCH3 is 1. The zero-order valence-corrected chi connectivity index (χ0v) is 21.1. The molecule has 32 heavy (non-hydrogen) atoms. The number of hydrogen-bond acceptors (Lipinski definition) is 4. The number of para-hydroxylation sites is 1. The van der Waals surface area contributed by atoms with E-state index in [-0.39, 0.29) is 5.41 Å². The lowest BCUT2D eigenvalue weighted by Gasteiger charge is -2.39. The minimum Gasteiger partial charge on any atom is -0.465 e. The number of rotatable bonds is 5. The van der Waals surface area contributed by atoms with E-state index in [9.17, 15) is 4.79 Å². The summed E-state index contributed by atoms with van der Waals surface area (Å²) in [5, 5.41) is 0. The standard InChI is InChI=1S/C26H28N2O3Si/c1-25(2,3)24-27-22-20(23(29)30-4)16-11-17-21(22)28(24)26(31-32,18-12-7-5-8-13-18)19-14-9-6-10-15-19/h5-17H,1-4,32H3. The van der Waals surface area contributed by atoms with Crippen LogP contribution in [0.2, 0.25) is 0 Å². The highest BCUT2D eigenvalue weighted by Gasteiger charge is 2.41. The van der Waals surface area contributed by atoms with E-state index in [2.05, 4.69) is 49.6 Å². The summed E-state index contributed by atoms with van der Waals surface area (Å²) in [5.41, 5.74) is 2.62. The predicted molar refractivity (Wildman–Crippen MR) is 130 cm³/mol. The van der Waals surface area contributed by atoms with Gasteiger partial charge in [-0.05, 0) is 12.1 Å². The Morgan fingerprint density at radius 2 is 1.44 bits per heavy atom. The average molecular weight is 445 g/mol. The Morgan fingerprint density at radius 1 is 0.875 bits per heavy atom. The SMILES string of the molecule is COC(=O)c1cccc2c1nc(C(C)(C)C)n2C(O[SiH3])(c1ccccc1)c1ccccc1. The van der Waals surface area contributed by atoms with Crippen LogP contribution in [-0.4, -0.2) is 33.1 Å². The second kappa shape index (κ2) is 8.37. The molecule has 0 atom stereocenters. The second-order valence-corrected chi connectivity index (χ2v) is 9.17. The van der Waals surface area contributed by atoms with Gasteiger partial charge in [0.25, 0.3) is 0 Å². The number of carbonyl (C=O) groups excluding carboxylic acids is 1. The Kier molecular flexibility index (Phi) is 5.75. The Labute approximate surface area is 191 Å². The van der Waals surface area contributed by atoms with Gasteiger partial charge in [0.1, 0.15) is 21.8 Å². The van der Waals surface area contributed by atoms with Crippen molar-refractivity contribution < 1.29 is 14.0 Å². The van der Waals surface area contributed by atoms with Crippen molar-refractivity contribution in [2.45, 2.75) is 31.9 Å². The first-order chi connectivity index (χ1) is 15.3. The minimum absolute atomic E-state index is 0.318. The van der Waals surface area contributed by atoms with Crippen LogP contribution in [-0.2, 0) is 20.3 Å². The third-order valence-corrected chi connectivity index (χ3v) is 6.29. The van der Waals surface area contributed by atoms with Gasteiger partial charge in [0.15, 0.2) is 5.72 Å². The lowest BCUT2D eigenvalue weighted by atomic mass is 9.90. The number of nitrogens with zero attached hydrogens (tertiary/aromatic N) is 2. The number of carbonyl (C=O) groups is 1. The van der Waals surface area contributed by atoms with Crippen LogP contribution < -0.4 is 0 Å². The molecule has 0 unspecified atom stereocenters. The van der Waals surface area contributed by atoms with Crippen molar-refractivity contribution >= 4 is 27.5 Å². The molecule has 4 rings (SSSR count). The minimum atomic E-state index is -0.930. The highest BCUT2D eigenvalue weighted by molar-refractivity contribution is 6.02. The molecule has 1 heterocycles. The van der Waals surface area contributed by atoms with Gasteiger partial charge in [-0.25, -0.2) is 9.78 Å². The molecule has 3 aromatic carbocycles. The van der Waals surface area contributed by atoms with Gasteiger partial charge in [-0.15, -0.1) is 0 Å². The first-order valence-corrected chi connectivity index (χ1v) is 11.4. The van der Waals surface area contributed by atoms with Crippen LogP contribution in [0.4, 0.5) is 0 Å². The fourth-order valence-electron chi connectivity index (χ4n) is 4.28. The van der Waals surface area contributed by atoms with E-state index in [0.717, 1.165) is 22.5 Å². The first-order valence-electron chi connectivity index (χ1n) is 10.6. The maximum absolute atomic E-state index is 12.6. The van der Waals surface area contributed by atoms with Gasteiger partial charge < -0.3 is 9.16 Å². The van der Waals surface area contributed by atoms with Gasteiger partial charge in [0.05, 0.1) is 18.2 Å². The van der Waals surface area contributed by atoms with E-state index in [4.69, 9.17) is 14.1 Å². The summed E-state index contributed by atoms with van der Waals surface area (Å²) in [6, 6.07) is 26.0. The number of benzene rings is 3. The number of aromatic nitrogens is 2. The van der Waals surface area contributed by atoms with E-state index >= 15 is 0 Å². The summed E-state index contributed by atoms with van der Waals surface area (Å²) in [7, 11) is 1.87. The summed E-state index contributed by atoms with van der Waals surface area (Å²) in [6.45, 7) is 6.36. The molecule has 0 fully saturated rings. The molecule has 1 aromatic heterocycles. The van der Waals surface area contributed by atoms with E-state index in [1.165, 1.54) is 7.11 Å². The quantitative estimate of drug-likeness (QED) is 0.343. The molecule has 164 valence electrons. The smallest absolute Gasteiger partial charge is 0.340 e. The van der Waals surface area contributed by atoms with Crippen LogP contribution in [0.3, 0.4) is 0 Å². The Balaban J connectivity index is 2.20. The van der Waals surface area contributed by atoms with E-state index < -0.39 is 11.7 Å². The molecule has 0 radical (unpaired) electrons.